The molecule has 0 aliphatic rings. The molecule has 2 rings (SSSR count). The highest BCUT2D eigenvalue weighted by molar-refractivity contribution is 5.95. The summed E-state index contributed by atoms with van der Waals surface area (Å²) >= 11 is 0. The Balaban J connectivity index is 1.82. The van der Waals surface area contributed by atoms with Crippen molar-refractivity contribution in [3.8, 4) is 5.75 Å². The SMILES string of the molecule is COc1ccc(C(=O)NCCNC(=O)c2ccc(C)c(F)c2)cc1F. The van der Waals surface area contributed by atoms with Crippen LogP contribution in [0.5, 0.6) is 5.75 Å². The molecule has 0 saturated heterocycles. The Morgan fingerprint density at radius 2 is 1.44 bits per heavy atom. The maximum atomic E-state index is 13.6. The van der Waals surface area contributed by atoms with Gasteiger partial charge in [0.05, 0.1) is 7.11 Å². The second-order valence-electron chi connectivity index (χ2n) is 5.33. The quantitative estimate of drug-likeness (QED) is 0.788. The molecule has 0 bridgehead atoms. The van der Waals surface area contributed by atoms with E-state index >= 15 is 0 Å². The van der Waals surface area contributed by atoms with Crippen LogP contribution in [-0.4, -0.2) is 32.0 Å². The summed E-state index contributed by atoms with van der Waals surface area (Å²) in [5.74, 6) is -1.96. The van der Waals surface area contributed by atoms with E-state index in [0.717, 1.165) is 12.1 Å². The average Bonchev–Trinajstić information content (AvgIpc) is 2.60. The number of ether oxygens (including phenoxy) is 1. The monoisotopic (exact) mass is 348 g/mol. The molecule has 0 aliphatic carbocycles. The van der Waals surface area contributed by atoms with Gasteiger partial charge in [-0.05, 0) is 42.8 Å². The van der Waals surface area contributed by atoms with E-state index in [2.05, 4.69) is 10.6 Å². The van der Waals surface area contributed by atoms with Crippen LogP contribution in [0, 0.1) is 18.6 Å². The average molecular weight is 348 g/mol. The zero-order chi connectivity index (χ0) is 18.4. The van der Waals surface area contributed by atoms with Gasteiger partial charge in [0.25, 0.3) is 11.8 Å². The van der Waals surface area contributed by atoms with Crippen molar-refractivity contribution in [3.63, 3.8) is 0 Å². The molecule has 5 nitrogen and oxygen atoms in total. The maximum Gasteiger partial charge on any atom is 0.251 e. The van der Waals surface area contributed by atoms with Crippen LogP contribution in [-0.2, 0) is 0 Å². The lowest BCUT2D eigenvalue weighted by Gasteiger charge is -2.09. The van der Waals surface area contributed by atoms with E-state index in [1.165, 1.54) is 31.4 Å². The van der Waals surface area contributed by atoms with Crippen molar-refractivity contribution in [2.75, 3.05) is 20.2 Å². The summed E-state index contributed by atoms with van der Waals surface area (Å²) in [5, 5.41) is 5.12. The molecule has 25 heavy (non-hydrogen) atoms. The van der Waals surface area contributed by atoms with Crippen LogP contribution in [0.25, 0.3) is 0 Å². The summed E-state index contributed by atoms with van der Waals surface area (Å²) in [5.41, 5.74) is 0.799. The number of rotatable bonds is 6. The molecule has 0 fully saturated rings. The van der Waals surface area contributed by atoms with E-state index in [4.69, 9.17) is 4.74 Å². The number of hydrogen-bond donors (Lipinski definition) is 2. The first kappa shape index (κ1) is 18.4. The number of benzene rings is 2. The first-order valence-corrected chi connectivity index (χ1v) is 7.58. The zero-order valence-corrected chi connectivity index (χ0v) is 13.9. The summed E-state index contributed by atoms with van der Waals surface area (Å²) < 4.78 is 31.8. The highest BCUT2D eigenvalue weighted by Gasteiger charge is 2.11. The van der Waals surface area contributed by atoms with E-state index in [1.807, 2.05) is 0 Å². The molecule has 2 aromatic rings. The number of methoxy groups -OCH3 is 1. The van der Waals surface area contributed by atoms with Gasteiger partial charge in [-0.25, -0.2) is 8.78 Å². The van der Waals surface area contributed by atoms with Gasteiger partial charge in [0.2, 0.25) is 0 Å². The summed E-state index contributed by atoms with van der Waals surface area (Å²) in [6.45, 7) is 1.90. The molecule has 2 aromatic carbocycles. The van der Waals surface area contributed by atoms with Crippen LogP contribution < -0.4 is 15.4 Å². The Kier molecular flexibility index (Phi) is 6.05. The summed E-state index contributed by atoms with van der Waals surface area (Å²) in [7, 11) is 1.33. The van der Waals surface area contributed by atoms with Crippen molar-refractivity contribution in [2.45, 2.75) is 6.92 Å². The Morgan fingerprint density at radius 3 is 1.92 bits per heavy atom. The predicted molar refractivity (Wildman–Crippen MR) is 88.8 cm³/mol. The highest BCUT2D eigenvalue weighted by Crippen LogP contribution is 2.17. The largest absolute Gasteiger partial charge is 0.494 e. The Morgan fingerprint density at radius 1 is 0.920 bits per heavy atom. The number of carbonyl (C=O) groups excluding carboxylic acids is 2. The summed E-state index contributed by atoms with van der Waals surface area (Å²) in [4.78, 5) is 23.8. The van der Waals surface area contributed by atoms with Crippen molar-refractivity contribution >= 4 is 11.8 Å². The summed E-state index contributed by atoms with van der Waals surface area (Å²) in [6.07, 6.45) is 0. The van der Waals surface area contributed by atoms with Gasteiger partial charge in [0.1, 0.15) is 5.82 Å². The highest BCUT2D eigenvalue weighted by atomic mass is 19.1. The molecule has 0 spiro atoms. The minimum Gasteiger partial charge on any atom is -0.494 e. The molecular weight excluding hydrogens is 330 g/mol. The van der Waals surface area contributed by atoms with E-state index in [0.29, 0.717) is 5.56 Å². The van der Waals surface area contributed by atoms with Crippen LogP contribution in [0.15, 0.2) is 36.4 Å². The molecule has 0 radical (unpaired) electrons. The fourth-order valence-electron chi connectivity index (χ4n) is 2.10. The Labute approximate surface area is 144 Å². The molecule has 0 aliphatic heterocycles. The van der Waals surface area contributed by atoms with Gasteiger partial charge >= 0.3 is 0 Å². The Bertz CT molecular complexity index is 794. The third-order valence-corrected chi connectivity index (χ3v) is 3.54. The number of nitrogens with one attached hydrogen (secondary N) is 2. The topological polar surface area (TPSA) is 67.4 Å². The fraction of sp³-hybridized carbons (Fsp3) is 0.222. The van der Waals surface area contributed by atoms with E-state index < -0.39 is 23.4 Å². The predicted octanol–water partition coefficient (Wildman–Crippen LogP) is 2.44. The second-order valence-corrected chi connectivity index (χ2v) is 5.33. The van der Waals surface area contributed by atoms with Gasteiger partial charge in [-0.15, -0.1) is 0 Å². The standard InChI is InChI=1S/C18H18F2N2O3/c1-11-3-4-12(9-14(11)19)17(23)21-7-8-22-18(24)13-5-6-16(25-2)15(20)10-13/h3-6,9-10H,7-8H2,1-2H3,(H,21,23)(H,22,24). The fourth-order valence-corrected chi connectivity index (χ4v) is 2.10. The van der Waals surface area contributed by atoms with Gasteiger partial charge in [-0.1, -0.05) is 6.07 Å². The van der Waals surface area contributed by atoms with Crippen molar-refractivity contribution < 1.29 is 23.1 Å². The Hall–Kier alpha value is -2.96. The smallest absolute Gasteiger partial charge is 0.251 e. The van der Waals surface area contributed by atoms with Crippen molar-refractivity contribution in [1.29, 1.82) is 0 Å². The van der Waals surface area contributed by atoms with Crippen LogP contribution in [0.3, 0.4) is 0 Å². The lowest BCUT2D eigenvalue weighted by Crippen LogP contribution is -2.34. The van der Waals surface area contributed by atoms with Crippen LogP contribution in [0.4, 0.5) is 8.78 Å². The minimum atomic E-state index is -0.634. The first-order valence-electron chi connectivity index (χ1n) is 7.58. The van der Waals surface area contributed by atoms with E-state index in [9.17, 15) is 18.4 Å². The van der Waals surface area contributed by atoms with Crippen molar-refractivity contribution in [3.05, 3.63) is 64.7 Å². The maximum absolute atomic E-state index is 13.6. The molecule has 0 heterocycles. The molecule has 132 valence electrons. The number of aryl methyl sites for hydroxylation is 1. The number of amides is 2. The molecule has 0 unspecified atom stereocenters. The van der Waals surface area contributed by atoms with Crippen molar-refractivity contribution in [1.82, 2.24) is 10.6 Å². The molecule has 7 heteroatoms. The zero-order valence-electron chi connectivity index (χ0n) is 13.9. The van der Waals surface area contributed by atoms with Gasteiger partial charge in [0.15, 0.2) is 11.6 Å². The van der Waals surface area contributed by atoms with E-state index in [1.54, 1.807) is 6.92 Å². The third-order valence-electron chi connectivity index (χ3n) is 3.54. The lowest BCUT2D eigenvalue weighted by molar-refractivity contribution is 0.0927. The van der Waals surface area contributed by atoms with Crippen LogP contribution >= 0.6 is 0 Å². The second kappa shape index (κ2) is 8.23. The third kappa shape index (κ3) is 4.76. The van der Waals surface area contributed by atoms with Gasteiger partial charge < -0.3 is 15.4 Å². The van der Waals surface area contributed by atoms with Gasteiger partial charge in [-0.2, -0.15) is 0 Å². The molecule has 0 aromatic heterocycles. The normalized spacial score (nSPS) is 10.2. The van der Waals surface area contributed by atoms with Crippen molar-refractivity contribution in [2.24, 2.45) is 0 Å². The summed E-state index contributed by atoms with van der Waals surface area (Å²) in [6, 6.07) is 8.06. The van der Waals surface area contributed by atoms with E-state index in [-0.39, 0.29) is 30.0 Å². The molecule has 2 N–H and O–H groups in total. The molecule has 2 amide bonds. The first-order chi connectivity index (χ1) is 11.9. The lowest BCUT2D eigenvalue weighted by atomic mass is 10.1. The molecule has 0 atom stereocenters. The van der Waals surface area contributed by atoms with Crippen LogP contribution in [0.1, 0.15) is 26.3 Å². The number of carbonyl (C=O) groups is 2. The molecular formula is C18H18F2N2O3. The van der Waals surface area contributed by atoms with Gasteiger partial charge in [0, 0.05) is 24.2 Å². The number of hydrogen-bond acceptors (Lipinski definition) is 3. The number of halogens is 2. The minimum absolute atomic E-state index is 0.0501. The van der Waals surface area contributed by atoms with Gasteiger partial charge in [-0.3, -0.25) is 9.59 Å². The molecule has 0 saturated carbocycles. The van der Waals surface area contributed by atoms with Crippen LogP contribution in [0.2, 0.25) is 0 Å².